The van der Waals surface area contributed by atoms with Gasteiger partial charge in [0.05, 0.1) is 23.0 Å². The maximum absolute atomic E-state index is 15.1. The summed E-state index contributed by atoms with van der Waals surface area (Å²) >= 11 is 0. The van der Waals surface area contributed by atoms with Crippen LogP contribution in [0, 0.1) is 24.4 Å². The van der Waals surface area contributed by atoms with Gasteiger partial charge in [0.15, 0.2) is 17.4 Å². The summed E-state index contributed by atoms with van der Waals surface area (Å²) in [5, 5.41) is 2.74. The van der Waals surface area contributed by atoms with Crippen LogP contribution in [-0.2, 0) is 12.8 Å². The number of H-pyrrole nitrogens is 1. The molecule has 0 aliphatic carbocycles. The van der Waals surface area contributed by atoms with Gasteiger partial charge in [-0.2, -0.15) is 0 Å². The van der Waals surface area contributed by atoms with Gasteiger partial charge in [-0.25, -0.2) is 18.2 Å². The van der Waals surface area contributed by atoms with Crippen LogP contribution < -0.4 is 10.1 Å². The van der Waals surface area contributed by atoms with E-state index in [1.807, 2.05) is 0 Å². The van der Waals surface area contributed by atoms with Crippen molar-refractivity contribution in [2.75, 3.05) is 26.0 Å². The van der Waals surface area contributed by atoms with Gasteiger partial charge in [0.1, 0.15) is 17.4 Å². The predicted molar refractivity (Wildman–Crippen MR) is 149 cm³/mol. The summed E-state index contributed by atoms with van der Waals surface area (Å²) < 4.78 is 50.5. The van der Waals surface area contributed by atoms with Crippen molar-refractivity contribution >= 4 is 11.8 Å². The van der Waals surface area contributed by atoms with Gasteiger partial charge < -0.3 is 15.0 Å². The largest absolute Gasteiger partial charge is 0.451 e. The van der Waals surface area contributed by atoms with Crippen LogP contribution in [0.4, 0.5) is 18.9 Å². The number of imidazole rings is 1. The molecule has 5 rings (SSSR count). The first-order valence-electron chi connectivity index (χ1n) is 12.9. The maximum Gasteiger partial charge on any atom is 0.199 e. The third-order valence-corrected chi connectivity index (χ3v) is 7.49. The van der Waals surface area contributed by atoms with Gasteiger partial charge in [-0.05, 0) is 55.3 Å². The van der Waals surface area contributed by atoms with Crippen LogP contribution >= 0.6 is 0 Å². The Labute approximate surface area is 226 Å². The van der Waals surface area contributed by atoms with Crippen molar-refractivity contribution in [1.29, 1.82) is 0 Å². The van der Waals surface area contributed by atoms with Crippen molar-refractivity contribution in [3.05, 3.63) is 100 Å². The summed E-state index contributed by atoms with van der Waals surface area (Å²) in [6.07, 6.45) is 2.92. The second kappa shape index (κ2) is 10.6. The van der Waals surface area contributed by atoms with Gasteiger partial charge in [0.25, 0.3) is 0 Å². The quantitative estimate of drug-likeness (QED) is 0.260. The van der Waals surface area contributed by atoms with Gasteiger partial charge in [-0.15, -0.1) is 0 Å². The molecule has 1 aliphatic rings. The summed E-state index contributed by atoms with van der Waals surface area (Å²) in [5.41, 5.74) is 5.95. The molecule has 0 saturated heterocycles. The van der Waals surface area contributed by atoms with E-state index in [1.165, 1.54) is 41.0 Å². The van der Waals surface area contributed by atoms with Crippen LogP contribution in [0.25, 0.3) is 17.5 Å². The zero-order chi connectivity index (χ0) is 27.8. The van der Waals surface area contributed by atoms with Crippen LogP contribution in [0.2, 0.25) is 0 Å². The van der Waals surface area contributed by atoms with Crippen molar-refractivity contribution in [1.82, 2.24) is 14.9 Å². The number of halogens is 3. The minimum absolute atomic E-state index is 0.0600. The maximum atomic E-state index is 15.1. The van der Waals surface area contributed by atoms with Crippen molar-refractivity contribution in [2.45, 2.75) is 32.7 Å². The first-order valence-corrected chi connectivity index (χ1v) is 12.9. The molecule has 2 heterocycles. The number of anilines is 1. The first kappa shape index (κ1) is 26.6. The number of aryl methyl sites for hydroxylation is 1. The van der Waals surface area contributed by atoms with Gasteiger partial charge >= 0.3 is 0 Å². The molecule has 1 aliphatic heterocycles. The fraction of sp³-hybridized carbons (Fsp3) is 0.258. The second-order valence-electron chi connectivity index (χ2n) is 9.72. The fourth-order valence-electron chi connectivity index (χ4n) is 5.36. The van der Waals surface area contributed by atoms with E-state index in [9.17, 15) is 4.39 Å². The monoisotopic (exact) mass is 532 g/mol. The zero-order valence-electron chi connectivity index (χ0n) is 22.5. The number of aromatic amines is 1. The van der Waals surface area contributed by atoms with E-state index in [0.717, 1.165) is 30.4 Å². The van der Waals surface area contributed by atoms with Crippen LogP contribution in [-0.4, -0.2) is 35.5 Å². The lowest BCUT2D eigenvalue weighted by Crippen LogP contribution is -2.33. The van der Waals surface area contributed by atoms with Crippen LogP contribution in [0.1, 0.15) is 46.6 Å². The number of aromatic nitrogens is 2. The Kier molecular flexibility index (Phi) is 7.23. The van der Waals surface area contributed by atoms with Crippen LogP contribution in [0.3, 0.4) is 0 Å². The minimum atomic E-state index is -0.899. The van der Waals surface area contributed by atoms with E-state index < -0.39 is 23.2 Å². The highest BCUT2D eigenvalue weighted by Gasteiger charge is 2.31. The Morgan fingerprint density at radius 3 is 2.69 bits per heavy atom. The predicted octanol–water partition coefficient (Wildman–Crippen LogP) is 7.42. The molecular weight excluding hydrogens is 501 g/mol. The molecule has 39 heavy (non-hydrogen) atoms. The number of likely N-dealkylation sites (N-methyl/N-ethyl adjacent to an activating group) is 1. The van der Waals surface area contributed by atoms with Crippen molar-refractivity contribution in [3.63, 3.8) is 0 Å². The number of ether oxygens (including phenoxy) is 1. The Morgan fingerprint density at radius 1 is 1.18 bits per heavy atom. The molecule has 4 aromatic rings. The number of fused-ring (bicyclic) bond motifs is 1. The molecule has 8 heteroatoms. The fourth-order valence-corrected chi connectivity index (χ4v) is 5.36. The van der Waals surface area contributed by atoms with E-state index >= 15 is 8.78 Å². The van der Waals surface area contributed by atoms with Gasteiger partial charge in [-0.1, -0.05) is 37.8 Å². The van der Waals surface area contributed by atoms with Crippen molar-refractivity contribution in [2.24, 2.45) is 0 Å². The molecule has 1 aromatic heterocycles. The first-order chi connectivity index (χ1) is 18.8. The lowest BCUT2D eigenvalue weighted by atomic mass is 9.90. The van der Waals surface area contributed by atoms with Crippen LogP contribution in [0.15, 0.2) is 49.0 Å². The molecule has 1 atom stereocenters. The molecule has 0 radical (unpaired) electrons. The SMILES string of the molecule is C=Cc1c(NC)cc(F)c(Oc2ccc(F)c(-c3nc4c([nH]3)[C@@H](c3cccc(CC)c3C)N(C)CC4)c2)c1F. The average molecular weight is 533 g/mol. The highest BCUT2D eigenvalue weighted by Crippen LogP contribution is 2.39. The molecule has 0 spiro atoms. The van der Waals surface area contributed by atoms with E-state index in [0.29, 0.717) is 12.2 Å². The lowest BCUT2D eigenvalue weighted by molar-refractivity contribution is 0.258. The molecule has 5 nitrogen and oxygen atoms in total. The van der Waals surface area contributed by atoms with Gasteiger partial charge in [0, 0.05) is 37.3 Å². The Balaban J connectivity index is 1.54. The molecule has 202 valence electrons. The normalized spacial score (nSPS) is 15.2. The highest BCUT2D eigenvalue weighted by atomic mass is 19.1. The zero-order valence-corrected chi connectivity index (χ0v) is 22.5. The lowest BCUT2D eigenvalue weighted by Gasteiger charge is -2.33. The Hall–Kier alpha value is -4.04. The molecule has 0 unspecified atom stereocenters. The van der Waals surface area contributed by atoms with Crippen molar-refractivity contribution < 1.29 is 17.9 Å². The number of hydrogen-bond donors (Lipinski definition) is 2. The number of nitrogens with zero attached hydrogens (tertiary/aromatic N) is 2. The second-order valence-corrected chi connectivity index (χ2v) is 9.72. The molecular formula is C31H31F3N4O. The van der Waals surface area contributed by atoms with Gasteiger partial charge in [0.2, 0.25) is 0 Å². The van der Waals surface area contributed by atoms with E-state index in [2.05, 4.69) is 60.9 Å². The van der Waals surface area contributed by atoms with Gasteiger partial charge in [-0.3, -0.25) is 4.90 Å². The third-order valence-electron chi connectivity index (χ3n) is 7.49. The summed E-state index contributed by atoms with van der Waals surface area (Å²) in [4.78, 5) is 10.4. The molecule has 0 saturated carbocycles. The summed E-state index contributed by atoms with van der Waals surface area (Å²) in [5.74, 6) is -2.49. The molecule has 3 aromatic carbocycles. The number of nitrogens with one attached hydrogen (secondary N) is 2. The smallest absolute Gasteiger partial charge is 0.199 e. The van der Waals surface area contributed by atoms with E-state index in [-0.39, 0.29) is 28.6 Å². The summed E-state index contributed by atoms with van der Waals surface area (Å²) in [7, 11) is 3.63. The Morgan fingerprint density at radius 2 is 1.97 bits per heavy atom. The minimum Gasteiger partial charge on any atom is -0.451 e. The topological polar surface area (TPSA) is 53.2 Å². The number of hydrogen-bond acceptors (Lipinski definition) is 4. The molecule has 0 fully saturated rings. The number of benzene rings is 3. The third kappa shape index (κ3) is 4.69. The highest BCUT2D eigenvalue weighted by molar-refractivity contribution is 5.69. The average Bonchev–Trinajstić information content (AvgIpc) is 3.36. The molecule has 0 amide bonds. The summed E-state index contributed by atoms with van der Waals surface area (Å²) in [6, 6.07) is 11.3. The molecule has 2 N–H and O–H groups in total. The van der Waals surface area contributed by atoms with Crippen molar-refractivity contribution in [3.8, 4) is 22.9 Å². The van der Waals surface area contributed by atoms with Crippen LogP contribution in [0.5, 0.6) is 11.5 Å². The standard InChI is InChI=1S/C31H31F3N4O/c1-6-18-9-8-10-21(17(18)3)29-28-25(13-14-38(29)5)36-31(37-28)22-15-19(11-12-23(22)32)39-30-24(33)16-26(35-4)20(7-2)27(30)34/h7-12,15-16,29,35H,2,6,13-14H2,1,3-5H3,(H,36,37)/t29-/m1/s1. The van der Waals surface area contributed by atoms with E-state index in [1.54, 1.807) is 7.05 Å². The summed E-state index contributed by atoms with van der Waals surface area (Å²) in [6.45, 7) is 8.67. The van der Waals surface area contributed by atoms with E-state index in [4.69, 9.17) is 9.72 Å². The molecule has 0 bridgehead atoms. The Bertz CT molecular complexity index is 1560. The number of rotatable bonds is 7.